The Bertz CT molecular complexity index is 434. The molecule has 6 heteroatoms. The van der Waals surface area contributed by atoms with Crippen LogP contribution in [0.4, 0.5) is 0 Å². The molecule has 1 aromatic heterocycles. The monoisotopic (exact) mass is 276 g/mol. The number of alkyl halides is 1. The minimum absolute atomic E-state index is 0.155. The Morgan fingerprint density at radius 3 is 2.65 bits per heavy atom. The summed E-state index contributed by atoms with van der Waals surface area (Å²) in [5.41, 5.74) is 0. The van der Waals surface area contributed by atoms with Crippen molar-refractivity contribution in [1.82, 2.24) is 9.71 Å². The molecule has 0 aliphatic heterocycles. The van der Waals surface area contributed by atoms with Gasteiger partial charge in [0.2, 0.25) is 10.0 Å². The summed E-state index contributed by atoms with van der Waals surface area (Å²) in [7, 11) is -3.50. The van der Waals surface area contributed by atoms with Crippen molar-refractivity contribution in [3.8, 4) is 0 Å². The number of halogens is 1. The van der Waals surface area contributed by atoms with Crippen molar-refractivity contribution in [3.05, 3.63) is 24.5 Å². The molecule has 0 bridgehead atoms. The van der Waals surface area contributed by atoms with Gasteiger partial charge < -0.3 is 0 Å². The standard InChI is InChI=1S/C11H17ClN2O2S/c1-9(2)11(5-6-12)14-17(15,16)10-4-3-7-13-8-10/h3-4,7-9,11,14H,5-6H2,1-2H3. The summed E-state index contributed by atoms with van der Waals surface area (Å²) in [6.07, 6.45) is 3.48. The fourth-order valence-corrected chi connectivity index (χ4v) is 3.04. The molecule has 0 saturated heterocycles. The van der Waals surface area contributed by atoms with Crippen LogP contribution in [0, 0.1) is 5.92 Å². The van der Waals surface area contributed by atoms with Crippen molar-refractivity contribution in [2.75, 3.05) is 5.88 Å². The Morgan fingerprint density at radius 1 is 1.47 bits per heavy atom. The second kappa shape index (κ2) is 6.33. The molecule has 0 spiro atoms. The molecule has 0 aliphatic carbocycles. The van der Waals surface area contributed by atoms with E-state index in [4.69, 9.17) is 11.6 Å². The van der Waals surface area contributed by atoms with E-state index in [0.717, 1.165) is 0 Å². The van der Waals surface area contributed by atoms with Gasteiger partial charge in [0.05, 0.1) is 0 Å². The quantitative estimate of drug-likeness (QED) is 0.809. The molecule has 1 N–H and O–H groups in total. The topological polar surface area (TPSA) is 59.1 Å². The summed E-state index contributed by atoms with van der Waals surface area (Å²) in [6.45, 7) is 3.92. The molecule has 1 aromatic rings. The lowest BCUT2D eigenvalue weighted by atomic mass is 10.0. The predicted molar refractivity (Wildman–Crippen MR) is 68.5 cm³/mol. The lowest BCUT2D eigenvalue weighted by Crippen LogP contribution is -2.38. The van der Waals surface area contributed by atoms with Gasteiger partial charge in [-0.15, -0.1) is 11.6 Å². The zero-order valence-electron chi connectivity index (χ0n) is 9.93. The van der Waals surface area contributed by atoms with E-state index >= 15 is 0 Å². The van der Waals surface area contributed by atoms with Crippen molar-refractivity contribution in [2.45, 2.75) is 31.2 Å². The average Bonchev–Trinajstić information content (AvgIpc) is 2.29. The van der Waals surface area contributed by atoms with Gasteiger partial charge in [0.15, 0.2) is 0 Å². The minimum atomic E-state index is -3.50. The van der Waals surface area contributed by atoms with Crippen LogP contribution < -0.4 is 4.72 Å². The van der Waals surface area contributed by atoms with Crippen LogP contribution in [0.15, 0.2) is 29.4 Å². The van der Waals surface area contributed by atoms with Gasteiger partial charge in [0.25, 0.3) is 0 Å². The molecule has 0 aromatic carbocycles. The molecule has 1 unspecified atom stereocenters. The van der Waals surface area contributed by atoms with E-state index in [9.17, 15) is 8.42 Å². The molecular weight excluding hydrogens is 260 g/mol. The van der Waals surface area contributed by atoms with E-state index in [1.807, 2.05) is 13.8 Å². The molecular formula is C11H17ClN2O2S. The molecule has 0 amide bonds. The average molecular weight is 277 g/mol. The molecule has 1 rings (SSSR count). The molecule has 1 heterocycles. The molecule has 0 fully saturated rings. The van der Waals surface area contributed by atoms with E-state index in [-0.39, 0.29) is 16.9 Å². The van der Waals surface area contributed by atoms with Gasteiger partial charge in [-0.3, -0.25) is 4.98 Å². The zero-order chi connectivity index (χ0) is 12.9. The van der Waals surface area contributed by atoms with Gasteiger partial charge >= 0.3 is 0 Å². The Hall–Kier alpha value is -0.650. The summed E-state index contributed by atoms with van der Waals surface area (Å²) in [6, 6.07) is 2.96. The molecule has 1 atom stereocenters. The first-order valence-electron chi connectivity index (χ1n) is 5.45. The SMILES string of the molecule is CC(C)C(CCCl)NS(=O)(=O)c1cccnc1. The lowest BCUT2D eigenvalue weighted by Gasteiger charge is -2.21. The fraction of sp³-hybridized carbons (Fsp3) is 0.545. The smallest absolute Gasteiger partial charge is 0.242 e. The highest BCUT2D eigenvalue weighted by atomic mass is 35.5. The summed E-state index contributed by atoms with van der Waals surface area (Å²) < 4.78 is 26.7. The molecule has 4 nitrogen and oxygen atoms in total. The number of sulfonamides is 1. The first kappa shape index (κ1) is 14.4. The summed E-state index contributed by atoms with van der Waals surface area (Å²) in [5, 5.41) is 0. The fourth-order valence-electron chi connectivity index (χ4n) is 1.42. The van der Waals surface area contributed by atoms with Crippen molar-refractivity contribution in [2.24, 2.45) is 5.92 Å². The summed E-state index contributed by atoms with van der Waals surface area (Å²) >= 11 is 5.67. The molecule has 0 saturated carbocycles. The Kier molecular flexibility index (Phi) is 5.36. The largest absolute Gasteiger partial charge is 0.263 e. The Balaban J connectivity index is 2.85. The van der Waals surface area contributed by atoms with Gasteiger partial charge in [-0.25, -0.2) is 13.1 Å². The van der Waals surface area contributed by atoms with Crippen LogP contribution in [0.2, 0.25) is 0 Å². The Labute approximate surface area is 107 Å². The van der Waals surface area contributed by atoms with Gasteiger partial charge in [0, 0.05) is 24.3 Å². The maximum Gasteiger partial charge on any atom is 0.242 e. The second-order valence-electron chi connectivity index (χ2n) is 4.14. The normalized spacial score (nSPS) is 13.9. The number of pyridine rings is 1. The number of nitrogens with one attached hydrogen (secondary N) is 1. The van der Waals surface area contributed by atoms with E-state index in [0.29, 0.717) is 12.3 Å². The van der Waals surface area contributed by atoms with Crippen molar-refractivity contribution in [3.63, 3.8) is 0 Å². The number of rotatable bonds is 6. The van der Waals surface area contributed by atoms with Gasteiger partial charge in [-0.1, -0.05) is 13.8 Å². The van der Waals surface area contributed by atoms with Crippen LogP contribution in [0.5, 0.6) is 0 Å². The van der Waals surface area contributed by atoms with Crippen molar-refractivity contribution >= 4 is 21.6 Å². The van der Waals surface area contributed by atoms with Crippen LogP contribution in [0.25, 0.3) is 0 Å². The third-order valence-corrected chi connectivity index (χ3v) is 4.17. The van der Waals surface area contributed by atoms with Gasteiger partial charge in [-0.05, 0) is 24.5 Å². The maximum atomic E-state index is 12.0. The highest BCUT2D eigenvalue weighted by molar-refractivity contribution is 7.89. The zero-order valence-corrected chi connectivity index (χ0v) is 11.5. The first-order chi connectivity index (χ1) is 7.97. The summed E-state index contributed by atoms with van der Waals surface area (Å²) in [4.78, 5) is 3.98. The lowest BCUT2D eigenvalue weighted by molar-refractivity contribution is 0.439. The second-order valence-corrected chi connectivity index (χ2v) is 6.23. The van der Waals surface area contributed by atoms with E-state index in [1.54, 1.807) is 6.07 Å². The molecule has 96 valence electrons. The van der Waals surface area contributed by atoms with Crippen LogP contribution in [-0.2, 0) is 10.0 Å². The van der Waals surface area contributed by atoms with Crippen molar-refractivity contribution in [1.29, 1.82) is 0 Å². The van der Waals surface area contributed by atoms with Crippen LogP contribution in [-0.4, -0.2) is 25.3 Å². The van der Waals surface area contributed by atoms with Crippen LogP contribution in [0.1, 0.15) is 20.3 Å². The van der Waals surface area contributed by atoms with E-state index < -0.39 is 10.0 Å². The number of hydrogen-bond acceptors (Lipinski definition) is 3. The highest BCUT2D eigenvalue weighted by Gasteiger charge is 2.21. The Morgan fingerprint density at radius 2 is 2.18 bits per heavy atom. The number of hydrogen-bond donors (Lipinski definition) is 1. The van der Waals surface area contributed by atoms with Gasteiger partial charge in [0.1, 0.15) is 4.90 Å². The number of nitrogens with zero attached hydrogens (tertiary/aromatic N) is 1. The van der Waals surface area contributed by atoms with E-state index in [2.05, 4.69) is 9.71 Å². The third kappa shape index (κ3) is 4.26. The third-order valence-electron chi connectivity index (χ3n) is 2.48. The molecule has 0 aliphatic rings. The van der Waals surface area contributed by atoms with E-state index in [1.165, 1.54) is 18.5 Å². The predicted octanol–water partition coefficient (Wildman–Crippen LogP) is 2.01. The maximum absolute atomic E-state index is 12.0. The highest BCUT2D eigenvalue weighted by Crippen LogP contribution is 2.13. The van der Waals surface area contributed by atoms with Crippen LogP contribution >= 0.6 is 11.6 Å². The molecule has 17 heavy (non-hydrogen) atoms. The summed E-state index contributed by atoms with van der Waals surface area (Å²) in [5.74, 6) is 0.624. The van der Waals surface area contributed by atoms with Crippen molar-refractivity contribution < 1.29 is 8.42 Å². The first-order valence-corrected chi connectivity index (χ1v) is 7.47. The minimum Gasteiger partial charge on any atom is -0.263 e. The van der Waals surface area contributed by atoms with Gasteiger partial charge in [-0.2, -0.15) is 0 Å². The number of aromatic nitrogens is 1. The molecule has 0 radical (unpaired) electrons. The van der Waals surface area contributed by atoms with Crippen LogP contribution in [0.3, 0.4) is 0 Å².